The molecule has 128 valence electrons. The molecule has 0 bridgehead atoms. The van der Waals surface area contributed by atoms with Gasteiger partial charge in [0, 0.05) is 0 Å². The second-order valence-corrected chi connectivity index (χ2v) is 11.6. The van der Waals surface area contributed by atoms with Crippen LogP contribution < -0.4 is 14.6 Å². The summed E-state index contributed by atoms with van der Waals surface area (Å²) >= 11 is -0.994. The first kappa shape index (κ1) is 17.2. The van der Waals surface area contributed by atoms with E-state index in [1.54, 1.807) is 0 Å². The fourth-order valence-electron chi connectivity index (χ4n) is 2.84. The van der Waals surface area contributed by atoms with Crippen molar-refractivity contribution in [2.24, 2.45) is 0 Å². The zero-order chi connectivity index (χ0) is 16.8. The van der Waals surface area contributed by atoms with Gasteiger partial charge in [-0.3, -0.25) is 0 Å². The number of anilines is 2. The van der Waals surface area contributed by atoms with Gasteiger partial charge in [0.05, 0.1) is 0 Å². The van der Waals surface area contributed by atoms with Gasteiger partial charge in [-0.05, 0) is 0 Å². The Labute approximate surface area is 151 Å². The number of halogens is 1. The number of hydrogen-bond donors (Lipinski definition) is 4. The van der Waals surface area contributed by atoms with Crippen LogP contribution in [0.2, 0.25) is 0 Å². The normalized spacial score (nSPS) is 16.8. The van der Waals surface area contributed by atoms with E-state index in [4.69, 9.17) is 11.1 Å². The molecule has 5 heteroatoms. The molecule has 1 aliphatic heterocycles. The summed E-state index contributed by atoms with van der Waals surface area (Å²) in [7, 11) is 0. The zero-order valence-electron chi connectivity index (χ0n) is 13.8. The van der Waals surface area contributed by atoms with E-state index >= 15 is 0 Å². The number of nitrogens with one attached hydrogen (secondary N) is 3. The van der Waals surface area contributed by atoms with Crippen molar-refractivity contribution in [3.8, 4) is 0 Å². The number of rotatable bonds is 6. The fourth-order valence-corrected chi connectivity index (χ4v) is 8.13. The molecule has 5 N–H and O–H groups in total. The fraction of sp³-hybridized carbons (Fsp3) is 0.316. The van der Waals surface area contributed by atoms with E-state index in [1.165, 1.54) is 33.5 Å². The predicted octanol–water partition coefficient (Wildman–Crippen LogP) is 4.05. The Morgan fingerprint density at radius 3 is 2.58 bits per heavy atom. The van der Waals surface area contributed by atoms with Gasteiger partial charge in [0.2, 0.25) is 0 Å². The molecular weight excluding hydrogens is 411 g/mol. The van der Waals surface area contributed by atoms with E-state index in [2.05, 4.69) is 39.2 Å². The van der Waals surface area contributed by atoms with E-state index in [-0.39, 0.29) is 0 Å². The molecule has 0 saturated carbocycles. The molecule has 0 aromatic heterocycles. The zero-order valence-corrected chi connectivity index (χ0v) is 15.9. The Morgan fingerprint density at radius 1 is 1.12 bits per heavy atom. The summed E-state index contributed by atoms with van der Waals surface area (Å²) < 4.78 is 6.53. The van der Waals surface area contributed by atoms with Crippen molar-refractivity contribution in [2.45, 2.75) is 25.4 Å². The van der Waals surface area contributed by atoms with Gasteiger partial charge in [0.1, 0.15) is 0 Å². The number of nitrogen functional groups attached to an aromatic ring is 1. The molecule has 2 aromatic carbocycles. The predicted molar refractivity (Wildman–Crippen MR) is 112 cm³/mol. The van der Waals surface area contributed by atoms with Crippen LogP contribution in [0.1, 0.15) is 24.0 Å². The molecule has 24 heavy (non-hydrogen) atoms. The summed E-state index contributed by atoms with van der Waals surface area (Å²) in [5.41, 5.74) is 9.76. The second kappa shape index (κ2) is 8.48. The topological polar surface area (TPSA) is 73.9 Å². The van der Waals surface area contributed by atoms with E-state index in [1.807, 2.05) is 18.2 Å². The summed E-state index contributed by atoms with van der Waals surface area (Å²) in [6.07, 6.45) is 3.78. The molecule has 0 atom stereocenters. The van der Waals surface area contributed by atoms with Gasteiger partial charge < -0.3 is 0 Å². The first-order valence-electron chi connectivity index (χ1n) is 8.30. The van der Waals surface area contributed by atoms with Gasteiger partial charge in [0.15, 0.2) is 0 Å². The molecule has 0 unspecified atom stereocenters. The monoisotopic (exact) mass is 436 g/mol. The molecule has 2 aromatic rings. The summed E-state index contributed by atoms with van der Waals surface area (Å²) in [6, 6.07) is 17.1. The Kier molecular flexibility index (Phi) is 6.09. The van der Waals surface area contributed by atoms with Gasteiger partial charge in [0.25, 0.3) is 0 Å². The summed E-state index contributed by atoms with van der Waals surface area (Å²) in [5.74, 6) is 0. The van der Waals surface area contributed by atoms with Crippen LogP contribution in [-0.2, 0) is 6.54 Å². The number of alkyl halides is 2. The molecule has 1 fully saturated rings. The first-order valence-corrected chi connectivity index (χ1v) is 12.4. The quantitative estimate of drug-likeness (QED) is 0.182. The van der Waals surface area contributed by atoms with Crippen molar-refractivity contribution < 1.29 is 0 Å². The third-order valence-corrected chi connectivity index (χ3v) is 9.60. The molecule has 1 saturated heterocycles. The van der Waals surface area contributed by atoms with E-state index in [0.29, 0.717) is 11.7 Å². The van der Waals surface area contributed by atoms with Crippen LogP contribution in [0.5, 0.6) is 0 Å². The molecule has 0 radical (unpaired) electrons. The molecule has 0 spiro atoms. The Morgan fingerprint density at radius 2 is 1.88 bits per heavy atom. The number of benzene rings is 2. The average molecular weight is 436 g/mol. The Balaban J connectivity index is 1.46. The van der Waals surface area contributed by atoms with Gasteiger partial charge in [-0.15, -0.1) is 0 Å². The maximum atomic E-state index is 7.41. The number of hydrogen-bond acceptors (Lipinski definition) is 4. The van der Waals surface area contributed by atoms with E-state index < -0.39 is 20.1 Å². The first-order chi connectivity index (χ1) is 11.7. The third kappa shape index (κ3) is 4.70. The summed E-state index contributed by atoms with van der Waals surface area (Å²) in [4.78, 5) is 0. The summed E-state index contributed by atoms with van der Waals surface area (Å²) in [5, 5.41) is 11.0. The van der Waals surface area contributed by atoms with Crippen LogP contribution in [0.4, 0.5) is 11.4 Å². The minimum atomic E-state index is -0.994. The third-order valence-electron chi connectivity index (χ3n) is 4.29. The molecular formula is C19H25IN4. The van der Waals surface area contributed by atoms with Crippen LogP contribution in [-0.4, -0.2) is 21.1 Å². The molecule has 0 aliphatic carbocycles. The molecule has 3 rings (SSSR count). The van der Waals surface area contributed by atoms with Crippen molar-refractivity contribution in [2.75, 3.05) is 19.9 Å². The van der Waals surface area contributed by atoms with Crippen molar-refractivity contribution in [3.05, 3.63) is 59.7 Å². The summed E-state index contributed by atoms with van der Waals surface area (Å²) in [6.45, 7) is 1.02. The van der Waals surface area contributed by atoms with Crippen molar-refractivity contribution in [1.29, 1.82) is 5.41 Å². The number of nitrogens with two attached hydrogens (primary N) is 1. The average Bonchev–Trinajstić information content (AvgIpc) is 2.63. The molecule has 0 amide bonds. The van der Waals surface area contributed by atoms with Gasteiger partial charge in [-0.2, -0.15) is 0 Å². The molecule has 1 heterocycles. The van der Waals surface area contributed by atoms with Crippen LogP contribution >= 0.6 is 20.1 Å². The second-order valence-electron chi connectivity index (χ2n) is 6.04. The standard InChI is InChI=1S/C19H25IN4/c21-13-16-12-18(6-7-19(16)22)24-17-8-10-20(11-9-17)23-14-15-4-2-1-3-5-15/h1-7,12-13,17,21,23-24H,8-11,14,22H2. The van der Waals surface area contributed by atoms with Gasteiger partial charge in [-0.1, -0.05) is 0 Å². The SMILES string of the molecule is N=Cc1cc(NC2CCI(NCc3ccccc3)CC2)ccc1N. The van der Waals surface area contributed by atoms with Crippen molar-refractivity contribution in [1.82, 2.24) is 3.53 Å². The van der Waals surface area contributed by atoms with Crippen LogP contribution in [0, 0.1) is 5.41 Å². The molecule has 4 nitrogen and oxygen atoms in total. The van der Waals surface area contributed by atoms with E-state index in [0.717, 1.165) is 17.8 Å². The van der Waals surface area contributed by atoms with Gasteiger partial charge in [-0.25, -0.2) is 0 Å². The minimum absolute atomic E-state index is 0.541. The van der Waals surface area contributed by atoms with Crippen LogP contribution in [0.25, 0.3) is 0 Å². The maximum absolute atomic E-state index is 7.41. The van der Waals surface area contributed by atoms with Crippen molar-refractivity contribution >= 4 is 37.7 Å². The Hall–Kier alpha value is -1.60. The van der Waals surface area contributed by atoms with E-state index in [9.17, 15) is 0 Å². The molecule has 1 aliphatic rings. The van der Waals surface area contributed by atoms with Gasteiger partial charge >= 0.3 is 152 Å². The van der Waals surface area contributed by atoms with Crippen LogP contribution in [0.3, 0.4) is 0 Å². The van der Waals surface area contributed by atoms with Crippen molar-refractivity contribution in [3.63, 3.8) is 0 Å². The Bertz CT molecular complexity index is 666. The van der Waals surface area contributed by atoms with Crippen LogP contribution in [0.15, 0.2) is 48.5 Å².